The zero-order valence-corrected chi connectivity index (χ0v) is 18.1. The molecule has 1 aromatic heterocycles. The summed E-state index contributed by atoms with van der Waals surface area (Å²) in [5.74, 6) is -3.66. The molecule has 28 heavy (non-hydrogen) atoms. The first-order chi connectivity index (χ1) is 13.2. The van der Waals surface area contributed by atoms with Gasteiger partial charge in [-0.25, -0.2) is 17.6 Å². The maximum atomic E-state index is 13.9. The molecule has 0 bridgehead atoms. The van der Waals surface area contributed by atoms with Crippen LogP contribution in [0.15, 0.2) is 36.4 Å². The van der Waals surface area contributed by atoms with Gasteiger partial charge >= 0.3 is 0 Å². The van der Waals surface area contributed by atoms with Crippen molar-refractivity contribution in [2.75, 3.05) is 6.16 Å². The Kier molecular flexibility index (Phi) is 6.32. The molecular weight excluding hydrogens is 402 g/mol. The van der Waals surface area contributed by atoms with Gasteiger partial charge in [-0.05, 0) is 105 Å². The van der Waals surface area contributed by atoms with E-state index in [1.165, 1.54) is 33.9 Å². The van der Waals surface area contributed by atoms with E-state index >= 15 is 0 Å². The van der Waals surface area contributed by atoms with Crippen LogP contribution in [0.3, 0.4) is 0 Å². The van der Waals surface area contributed by atoms with Crippen molar-refractivity contribution >= 4 is 26.1 Å². The molecule has 0 aliphatic rings. The van der Waals surface area contributed by atoms with Crippen LogP contribution >= 0.6 is 15.5 Å². The van der Waals surface area contributed by atoms with Crippen LogP contribution in [0.2, 0.25) is 0 Å². The predicted molar refractivity (Wildman–Crippen MR) is 112 cm³/mol. The van der Waals surface area contributed by atoms with Gasteiger partial charge in [-0.15, -0.1) is 7.53 Å². The van der Waals surface area contributed by atoms with Crippen molar-refractivity contribution in [2.24, 2.45) is 0 Å². The molecule has 0 fully saturated rings. The second-order valence-corrected chi connectivity index (χ2v) is 11.9. The fourth-order valence-electron chi connectivity index (χ4n) is 3.45. The van der Waals surface area contributed by atoms with E-state index in [0.717, 1.165) is 18.3 Å². The summed E-state index contributed by atoms with van der Waals surface area (Å²) in [7, 11) is -1.58. The summed E-state index contributed by atoms with van der Waals surface area (Å²) >= 11 is 0. The van der Waals surface area contributed by atoms with Crippen LogP contribution in [-0.4, -0.2) is 6.16 Å². The highest BCUT2D eigenvalue weighted by molar-refractivity contribution is 7.73. The SMILES string of the molecule is Cc1c(C)c(C)p(CCP(c2ccc(F)c(F)c2)c2ccc(F)c(F)c2)c1C. The van der Waals surface area contributed by atoms with Crippen molar-refractivity contribution < 1.29 is 17.6 Å². The zero-order chi connectivity index (χ0) is 20.6. The second-order valence-electron chi connectivity index (χ2n) is 6.92. The Bertz CT molecular complexity index is 947. The van der Waals surface area contributed by atoms with Gasteiger partial charge < -0.3 is 0 Å². The summed E-state index contributed by atoms with van der Waals surface area (Å²) in [5, 5.41) is 4.03. The molecule has 0 atom stereocenters. The molecule has 3 rings (SSSR count). The van der Waals surface area contributed by atoms with Crippen molar-refractivity contribution in [3.05, 3.63) is 81.4 Å². The van der Waals surface area contributed by atoms with Gasteiger partial charge in [-0.2, -0.15) is 0 Å². The fraction of sp³-hybridized carbons (Fsp3) is 0.273. The van der Waals surface area contributed by atoms with Crippen LogP contribution in [0.1, 0.15) is 21.7 Å². The number of benzene rings is 2. The lowest BCUT2D eigenvalue weighted by Gasteiger charge is -2.20. The molecule has 2 aromatic carbocycles. The predicted octanol–water partition coefficient (Wildman–Crippen LogP) is 6.60. The normalized spacial score (nSPS) is 11.5. The lowest BCUT2D eigenvalue weighted by atomic mass is 10.2. The van der Waals surface area contributed by atoms with Crippen molar-refractivity contribution in [1.29, 1.82) is 0 Å². The maximum absolute atomic E-state index is 13.9. The molecule has 0 saturated heterocycles. The van der Waals surface area contributed by atoms with Gasteiger partial charge in [0.15, 0.2) is 23.3 Å². The van der Waals surface area contributed by atoms with E-state index in [-0.39, 0.29) is 0 Å². The van der Waals surface area contributed by atoms with E-state index in [0.29, 0.717) is 16.8 Å². The third-order valence-corrected chi connectivity index (χ3v) is 11.2. The van der Waals surface area contributed by atoms with Gasteiger partial charge in [0, 0.05) is 0 Å². The van der Waals surface area contributed by atoms with Crippen molar-refractivity contribution in [1.82, 2.24) is 0 Å². The molecule has 0 nitrogen and oxygen atoms in total. The molecule has 0 aliphatic heterocycles. The average molecular weight is 424 g/mol. The smallest absolute Gasteiger partial charge is 0.159 e. The van der Waals surface area contributed by atoms with Gasteiger partial charge in [0.25, 0.3) is 0 Å². The lowest BCUT2D eigenvalue weighted by Crippen LogP contribution is -2.16. The average Bonchev–Trinajstić information content (AvgIpc) is 2.84. The van der Waals surface area contributed by atoms with Crippen molar-refractivity contribution in [3.8, 4) is 0 Å². The first kappa shape index (κ1) is 21.1. The Morgan fingerprint density at radius 3 is 1.50 bits per heavy atom. The van der Waals surface area contributed by atoms with Gasteiger partial charge in [0.2, 0.25) is 0 Å². The molecular formula is C22H22F4P2. The van der Waals surface area contributed by atoms with Crippen molar-refractivity contribution in [2.45, 2.75) is 33.9 Å². The van der Waals surface area contributed by atoms with Crippen LogP contribution in [0.5, 0.6) is 0 Å². The molecule has 0 aliphatic carbocycles. The molecule has 0 radical (unpaired) electrons. The summed E-state index contributed by atoms with van der Waals surface area (Å²) < 4.78 is 54.5. The Labute approximate surface area is 165 Å². The molecule has 0 N–H and O–H groups in total. The largest absolute Gasteiger partial charge is 0.204 e. The van der Waals surface area contributed by atoms with Crippen LogP contribution in [0.4, 0.5) is 17.6 Å². The van der Waals surface area contributed by atoms with Gasteiger partial charge in [0.05, 0.1) is 0 Å². The van der Waals surface area contributed by atoms with E-state index in [1.54, 1.807) is 12.1 Å². The highest BCUT2D eigenvalue weighted by Crippen LogP contribution is 2.48. The summed E-state index contributed by atoms with van der Waals surface area (Å²) in [6.45, 7) is 8.56. The first-order valence-corrected chi connectivity index (χ1v) is 12.1. The van der Waals surface area contributed by atoms with Crippen LogP contribution in [-0.2, 0) is 6.16 Å². The minimum atomic E-state index is -1.13. The fourth-order valence-corrected chi connectivity index (χ4v) is 9.23. The number of rotatable bonds is 5. The van der Waals surface area contributed by atoms with Crippen LogP contribution in [0.25, 0.3) is 0 Å². The molecule has 0 unspecified atom stereocenters. The summed E-state index contributed by atoms with van der Waals surface area (Å²) in [5.41, 5.74) is 2.65. The molecule has 0 spiro atoms. The summed E-state index contributed by atoms with van der Waals surface area (Å²) in [6.07, 6.45) is 1.58. The zero-order valence-electron chi connectivity index (χ0n) is 16.3. The minimum absolute atomic E-state index is 0.447. The van der Waals surface area contributed by atoms with Gasteiger partial charge in [0.1, 0.15) is 0 Å². The molecule has 3 aromatic rings. The maximum Gasteiger partial charge on any atom is 0.159 e. The molecule has 0 saturated carbocycles. The topological polar surface area (TPSA) is 0 Å². The van der Waals surface area contributed by atoms with E-state index in [9.17, 15) is 17.6 Å². The Morgan fingerprint density at radius 2 is 1.11 bits per heavy atom. The number of halogens is 4. The van der Waals surface area contributed by atoms with Gasteiger partial charge in [-0.3, -0.25) is 0 Å². The van der Waals surface area contributed by atoms with E-state index in [1.807, 2.05) is 0 Å². The lowest BCUT2D eigenvalue weighted by molar-refractivity contribution is 0.509. The third kappa shape index (κ3) is 4.04. The molecule has 148 valence electrons. The second kappa shape index (κ2) is 8.39. The van der Waals surface area contributed by atoms with E-state index in [4.69, 9.17) is 0 Å². The van der Waals surface area contributed by atoms with Crippen molar-refractivity contribution in [3.63, 3.8) is 0 Å². The Morgan fingerprint density at radius 1 is 0.679 bits per heavy atom. The highest BCUT2D eigenvalue weighted by atomic mass is 31.1. The Hall–Kier alpha value is -1.63. The highest BCUT2D eigenvalue weighted by Gasteiger charge is 2.20. The van der Waals surface area contributed by atoms with Crippen LogP contribution < -0.4 is 10.6 Å². The number of hydrogen-bond donors (Lipinski definition) is 0. The Balaban J connectivity index is 2.00. The summed E-state index contributed by atoms with van der Waals surface area (Å²) in [6, 6.07) is 7.68. The standard InChI is InChI=1S/C22H22F4P2/c1-13-14(2)16(4)27(15(13)3)9-10-28(17-5-7-19(23)21(25)11-17)18-6-8-20(24)22(26)12-18/h5-8,11-12H,9-10H2,1-4H3. The summed E-state index contributed by atoms with van der Waals surface area (Å²) in [4.78, 5) is 0. The van der Waals surface area contributed by atoms with Crippen LogP contribution in [0, 0.1) is 51.0 Å². The minimum Gasteiger partial charge on any atom is -0.204 e. The van der Waals surface area contributed by atoms with E-state index in [2.05, 4.69) is 27.7 Å². The van der Waals surface area contributed by atoms with Gasteiger partial charge in [-0.1, -0.05) is 12.1 Å². The monoisotopic (exact) mass is 424 g/mol. The molecule has 1 heterocycles. The number of hydrogen-bond acceptors (Lipinski definition) is 0. The van der Waals surface area contributed by atoms with E-state index < -0.39 is 38.7 Å². The quantitative estimate of drug-likeness (QED) is 0.320. The third-order valence-electron chi connectivity index (χ3n) is 5.43. The molecule has 0 amide bonds. The first-order valence-electron chi connectivity index (χ1n) is 9.01. The molecule has 6 heteroatoms.